The van der Waals surface area contributed by atoms with Crippen LogP contribution in [0.3, 0.4) is 0 Å². The Labute approximate surface area is 666 Å². The summed E-state index contributed by atoms with van der Waals surface area (Å²) in [5.41, 5.74) is 15.4. The Morgan fingerprint density at radius 2 is 0.909 bits per heavy atom. The van der Waals surface area contributed by atoms with Crippen molar-refractivity contribution < 1.29 is 22.7 Å². The highest BCUT2D eigenvalue weighted by Gasteiger charge is 2.48. The van der Waals surface area contributed by atoms with E-state index in [0.717, 1.165) is 130 Å². The Bertz CT molecular complexity index is 5020. The summed E-state index contributed by atoms with van der Waals surface area (Å²) >= 11 is 26.5. The van der Waals surface area contributed by atoms with Gasteiger partial charge >= 0.3 is 12.1 Å². The largest absolute Gasteiger partial charge is 0.463 e. The molecule has 5 aliphatic carbocycles. The molecule has 564 valence electrons. The lowest BCUT2D eigenvalue weighted by Crippen LogP contribution is -2.34. The number of hydrogen-bond donors (Lipinski definition) is 10. The van der Waals surface area contributed by atoms with Crippen molar-refractivity contribution in [3.63, 3.8) is 0 Å². The Morgan fingerprint density at radius 3 is 1.33 bits per heavy atom. The van der Waals surface area contributed by atoms with Gasteiger partial charge in [-0.3, -0.25) is 25.7 Å². The van der Waals surface area contributed by atoms with E-state index in [1.54, 1.807) is 31.6 Å². The zero-order chi connectivity index (χ0) is 78.5. The van der Waals surface area contributed by atoms with Gasteiger partial charge in [0.15, 0.2) is 22.8 Å². The average Bonchev–Trinajstić information content (AvgIpc) is 1.43. The summed E-state index contributed by atoms with van der Waals surface area (Å²) in [6, 6.07) is 2.29. The summed E-state index contributed by atoms with van der Waals surface area (Å²) < 4.78 is 45.0. The maximum atomic E-state index is 13.3. The Hall–Kier alpha value is -10.8. The van der Waals surface area contributed by atoms with Gasteiger partial charge in [0.2, 0.25) is 11.6 Å². The number of alkyl halides is 8. The van der Waals surface area contributed by atoms with E-state index in [2.05, 4.69) is 171 Å². The molecule has 5 aromatic heterocycles. The highest BCUT2D eigenvalue weighted by Crippen LogP contribution is 2.53. The van der Waals surface area contributed by atoms with Gasteiger partial charge in [-0.05, 0) is 68.6 Å². The number of H-pyrrole nitrogens is 5. The lowest BCUT2D eigenvalue weighted by molar-refractivity contribution is -0.160. The summed E-state index contributed by atoms with van der Waals surface area (Å²) in [4.78, 5) is 31.1. The van der Waals surface area contributed by atoms with Gasteiger partial charge in [-0.25, -0.2) is 29.3 Å². The first-order valence-electron chi connectivity index (χ1n) is 35.5. The fraction of sp³-hybridized carbons (Fsp3) is 0.342. The number of rotatable bonds is 12. The standard InChI is InChI=1S/C17H16ClF3N4.C16H14BrN5.C16H15ClN4O2.C15H15BrN4.C15H15ClN4/c1-3-5-12-15(22-2)13(10-8-23-25-16(10)24-12)9-6-4-7-11(14(9)18)17(19,20)21;1-3-12-15(19-2)13(11-8-20-22-16(11)21-12)10-6-4-5-9(7-18)14(10)17;1-3-23-16(22)13-12(9-6-4-5-7-11(9)17)10-8-19-21-14(10)20-15(13)18-2;2*1-3-12-14(17-2)13(9-6-4-5-7-11(9)16)10-8-18-20-15(10)19-12/h4,6-8,11,13-14H,3,5H2,1H3,(H2,23,24,25);4-6,8-9,13-14H,3H2,1H3,(H2,20,21,22);4-6,8,11-12H,3,7H2,1H3,(H2,19,20,21);2*4-6,8,11,13H,3,7H2,1H3,(H2,18,19,20). The molecule has 12 unspecified atom stereocenters. The van der Waals surface area contributed by atoms with E-state index in [9.17, 15) is 23.2 Å². The molecule has 0 aromatic carbocycles. The first-order valence-corrected chi connectivity index (χ1v) is 38.7. The van der Waals surface area contributed by atoms with Crippen molar-refractivity contribution in [1.29, 1.82) is 5.26 Å². The Morgan fingerprint density at radius 1 is 0.527 bits per heavy atom. The van der Waals surface area contributed by atoms with E-state index in [1.165, 1.54) is 17.8 Å². The quantitative estimate of drug-likeness (QED) is 0.0317. The summed E-state index contributed by atoms with van der Waals surface area (Å²) in [5, 5.41) is 58.5. The number of halogens is 8. The van der Waals surface area contributed by atoms with Crippen LogP contribution in [0.5, 0.6) is 0 Å². The summed E-state index contributed by atoms with van der Waals surface area (Å²) in [6.45, 7) is 47.8. The van der Waals surface area contributed by atoms with Crippen LogP contribution in [0.2, 0.25) is 0 Å². The van der Waals surface area contributed by atoms with Crippen LogP contribution < -0.4 is 26.6 Å². The predicted molar refractivity (Wildman–Crippen MR) is 428 cm³/mol. The van der Waals surface area contributed by atoms with Gasteiger partial charge < -0.3 is 30.8 Å². The fourth-order valence-corrected chi connectivity index (χ4v) is 17.0. The van der Waals surface area contributed by atoms with E-state index in [1.807, 2.05) is 75.6 Å². The molecule has 5 aromatic rings. The van der Waals surface area contributed by atoms with Crippen molar-refractivity contribution in [2.45, 2.75) is 148 Å². The van der Waals surface area contributed by atoms with Crippen molar-refractivity contribution in [3.05, 3.63) is 292 Å². The van der Waals surface area contributed by atoms with Crippen LogP contribution >= 0.6 is 66.7 Å². The molecule has 23 nitrogen and oxygen atoms in total. The number of carbonyl (C=O) groups is 1. The van der Waals surface area contributed by atoms with E-state index >= 15 is 0 Å². The van der Waals surface area contributed by atoms with E-state index in [4.69, 9.17) is 72.4 Å². The number of hydrogen-bond acceptors (Lipinski definition) is 13. The minimum Gasteiger partial charge on any atom is -0.463 e. The second-order valence-electron chi connectivity index (χ2n) is 26.1. The number of carbonyl (C=O) groups excluding carboxylic acids is 1. The third kappa shape index (κ3) is 16.4. The van der Waals surface area contributed by atoms with Gasteiger partial charge in [0.05, 0.1) is 108 Å². The number of allylic oxidation sites excluding steroid dienone is 24. The predicted octanol–water partition coefficient (Wildman–Crippen LogP) is 20.2. The SMILES string of the molecule is [C-]#[N+]C1=C(C(=O)OCC)C(C2=CC=CCC2Cl)c2cn[nH]c2N1.[C-]#[N+]C1=C(CC)Nc2[nH]ncc2C1C1=CC=CC(C#N)C1Br.[C-]#[N+]C1=C(CC)Nc2[nH]ncc2C1C1=CC=CCC1Br.[C-]#[N+]C1=C(CC)Nc2[nH]ncc2C1C1=CC=CCC1Cl.[C-]#[N+]C1=C(CCC)Nc2[nH]ncc2C1C1=CC=CC(C(F)(F)F)C1Cl. The minimum atomic E-state index is -4.44. The molecular weight excluding hydrogens is 1600 g/mol. The normalized spacial score (nSPS) is 25.0. The van der Waals surface area contributed by atoms with Crippen LogP contribution in [0, 0.1) is 56.0 Å². The second kappa shape index (κ2) is 36.1. The number of fused-ring (bicyclic) bond motifs is 5. The molecule has 0 saturated heterocycles. The molecule has 12 atom stereocenters. The highest BCUT2D eigenvalue weighted by molar-refractivity contribution is 9.09. The van der Waals surface area contributed by atoms with Crippen LogP contribution in [0.15, 0.2) is 207 Å². The molecule has 10 N–H and O–H groups in total. The Balaban J connectivity index is 0.000000137. The number of aromatic nitrogens is 10. The summed E-state index contributed by atoms with van der Waals surface area (Å²) in [6.07, 6.45) is 38.3. The maximum Gasteiger partial charge on any atom is 0.396 e. The molecule has 15 rings (SSSR count). The number of ether oxygens (including phenoxy) is 1. The number of nitrogens with zero attached hydrogens (tertiary/aromatic N) is 11. The number of esters is 1. The van der Waals surface area contributed by atoms with Gasteiger partial charge in [-0.15, -0.1) is 34.8 Å². The smallest absolute Gasteiger partial charge is 0.396 e. The lowest BCUT2D eigenvalue weighted by Gasteiger charge is -2.33. The maximum absolute atomic E-state index is 13.3. The zero-order valence-electron chi connectivity index (χ0n) is 60.1. The van der Waals surface area contributed by atoms with Crippen molar-refractivity contribution in [1.82, 2.24) is 51.0 Å². The summed E-state index contributed by atoms with van der Waals surface area (Å²) in [7, 11) is 0. The Kier molecular flexibility index (Phi) is 26.3. The number of nitriles is 1. The zero-order valence-corrected chi connectivity index (χ0v) is 65.5. The van der Waals surface area contributed by atoms with Gasteiger partial charge in [0.1, 0.15) is 23.3 Å². The lowest BCUT2D eigenvalue weighted by atomic mass is 9.79. The average molecular weight is 1670 g/mol. The molecule has 0 radical (unpaired) electrons. The van der Waals surface area contributed by atoms with Gasteiger partial charge in [0, 0.05) is 85.0 Å². The van der Waals surface area contributed by atoms with Crippen LogP contribution in [0.1, 0.15) is 143 Å². The van der Waals surface area contributed by atoms with Crippen molar-refractivity contribution >= 4 is 102 Å². The van der Waals surface area contributed by atoms with Crippen LogP contribution in [0.4, 0.5) is 42.3 Å². The molecule has 0 bridgehead atoms. The molecule has 110 heavy (non-hydrogen) atoms. The van der Waals surface area contributed by atoms with Gasteiger partial charge in [-0.1, -0.05) is 175 Å². The molecule has 10 heterocycles. The molecule has 5 aliphatic heterocycles. The monoisotopic (exact) mass is 1670 g/mol. The molecule has 10 aliphatic rings. The number of nitrogens with one attached hydrogen (secondary N) is 10. The van der Waals surface area contributed by atoms with Crippen LogP contribution in [-0.4, -0.2) is 95.5 Å². The van der Waals surface area contributed by atoms with Gasteiger partial charge in [0.25, 0.3) is 0 Å². The van der Waals surface area contributed by atoms with Crippen molar-refractivity contribution in [2.75, 3.05) is 33.2 Å². The minimum absolute atomic E-state index is 0.00762. The van der Waals surface area contributed by atoms with Crippen LogP contribution in [0.25, 0.3) is 24.2 Å². The van der Waals surface area contributed by atoms with E-state index < -0.39 is 35.3 Å². The third-order valence-electron chi connectivity index (χ3n) is 19.8. The van der Waals surface area contributed by atoms with Crippen molar-refractivity contribution in [2.24, 2.45) is 11.8 Å². The summed E-state index contributed by atoms with van der Waals surface area (Å²) in [5.74, 6) is 0.0919. The number of anilines is 5. The van der Waals surface area contributed by atoms with Gasteiger partial charge in [-0.2, -0.15) is 43.9 Å². The molecule has 0 saturated carbocycles. The first kappa shape index (κ1) is 80.2. The molecule has 0 amide bonds. The highest BCUT2D eigenvalue weighted by atomic mass is 79.9. The van der Waals surface area contributed by atoms with Crippen molar-refractivity contribution in [3.8, 4) is 6.07 Å². The third-order valence-corrected chi connectivity index (χ3v) is 23.2. The fourth-order valence-electron chi connectivity index (χ4n) is 14.6. The topological polar surface area (TPSA) is 275 Å². The number of aromatic amines is 5. The molecule has 0 spiro atoms. The second-order valence-corrected chi connectivity index (χ2v) is 29.7. The molecular formula is C79H75Br2Cl3F3N21O2. The molecule has 31 heteroatoms. The van der Waals surface area contributed by atoms with E-state index in [-0.39, 0.29) is 62.1 Å². The molecule has 0 fully saturated rings. The first-order chi connectivity index (χ1) is 53.3. The van der Waals surface area contributed by atoms with Crippen LogP contribution in [-0.2, 0) is 9.53 Å². The van der Waals surface area contributed by atoms with E-state index in [0.29, 0.717) is 52.7 Å².